The highest BCUT2D eigenvalue weighted by molar-refractivity contribution is 5.19. The molecule has 1 aliphatic heterocycles. The fourth-order valence-corrected chi connectivity index (χ4v) is 3.26. The molecule has 1 aromatic carbocycles. The van der Waals surface area contributed by atoms with E-state index in [1.807, 2.05) is 0 Å². The maximum absolute atomic E-state index is 13.7. The molecule has 2 heterocycles. The van der Waals surface area contributed by atoms with Crippen LogP contribution < -0.4 is 0 Å². The van der Waals surface area contributed by atoms with Gasteiger partial charge in [0, 0.05) is 19.0 Å². The van der Waals surface area contributed by atoms with Crippen LogP contribution in [0.1, 0.15) is 36.5 Å². The molecule has 4 nitrogen and oxygen atoms in total. The van der Waals surface area contributed by atoms with Crippen LogP contribution in [0.4, 0.5) is 8.78 Å². The van der Waals surface area contributed by atoms with E-state index in [1.54, 1.807) is 6.92 Å². The molecular weight excluding hydrogens is 300 g/mol. The van der Waals surface area contributed by atoms with Gasteiger partial charge in [-0.25, -0.2) is 8.78 Å². The van der Waals surface area contributed by atoms with Gasteiger partial charge in [-0.1, -0.05) is 11.2 Å². The van der Waals surface area contributed by atoms with Gasteiger partial charge < -0.3 is 4.52 Å². The summed E-state index contributed by atoms with van der Waals surface area (Å²) >= 11 is 0. The molecule has 0 spiro atoms. The molecular formula is C17H21F2N3O. The number of benzene rings is 1. The van der Waals surface area contributed by atoms with Crippen LogP contribution in [0, 0.1) is 24.5 Å². The van der Waals surface area contributed by atoms with E-state index in [-0.39, 0.29) is 5.56 Å². The molecule has 0 saturated carbocycles. The van der Waals surface area contributed by atoms with Crippen molar-refractivity contribution in [3.8, 4) is 0 Å². The highest BCUT2D eigenvalue weighted by Gasteiger charge is 2.22. The summed E-state index contributed by atoms with van der Waals surface area (Å²) in [6, 6.07) is 4.05. The third-order valence-electron chi connectivity index (χ3n) is 4.40. The van der Waals surface area contributed by atoms with Crippen LogP contribution in [-0.4, -0.2) is 28.1 Å². The third-order valence-corrected chi connectivity index (χ3v) is 4.40. The maximum Gasteiger partial charge on any atom is 0.223 e. The summed E-state index contributed by atoms with van der Waals surface area (Å²) in [5.41, 5.74) is 0.207. The van der Waals surface area contributed by atoms with Crippen molar-refractivity contribution in [2.24, 2.45) is 5.92 Å². The Morgan fingerprint density at radius 2 is 2.09 bits per heavy atom. The van der Waals surface area contributed by atoms with Crippen molar-refractivity contribution in [2.75, 3.05) is 13.1 Å². The fourth-order valence-electron chi connectivity index (χ4n) is 3.26. The number of hydrogen-bond acceptors (Lipinski definition) is 4. The molecule has 6 heteroatoms. The molecule has 1 atom stereocenters. The number of halogens is 2. The molecule has 0 bridgehead atoms. The van der Waals surface area contributed by atoms with Crippen molar-refractivity contribution < 1.29 is 13.3 Å². The quantitative estimate of drug-likeness (QED) is 0.845. The largest absolute Gasteiger partial charge is 0.340 e. The van der Waals surface area contributed by atoms with E-state index in [0.29, 0.717) is 30.6 Å². The van der Waals surface area contributed by atoms with Crippen LogP contribution in [0.25, 0.3) is 0 Å². The molecule has 1 aromatic heterocycles. The SMILES string of the molecule is Cc1nc(CN2CCC[C@H](CCc3c(F)cccc3F)C2)no1. The van der Waals surface area contributed by atoms with Gasteiger partial charge in [-0.15, -0.1) is 0 Å². The van der Waals surface area contributed by atoms with Crippen LogP contribution in [0.2, 0.25) is 0 Å². The van der Waals surface area contributed by atoms with Gasteiger partial charge in [-0.05, 0) is 50.3 Å². The molecule has 1 fully saturated rings. The zero-order valence-corrected chi connectivity index (χ0v) is 13.3. The molecule has 1 saturated heterocycles. The van der Waals surface area contributed by atoms with Crippen molar-refractivity contribution in [2.45, 2.75) is 39.2 Å². The Bertz CT molecular complexity index is 639. The highest BCUT2D eigenvalue weighted by atomic mass is 19.1. The van der Waals surface area contributed by atoms with Crippen molar-refractivity contribution in [1.82, 2.24) is 15.0 Å². The molecule has 0 radical (unpaired) electrons. The minimum Gasteiger partial charge on any atom is -0.340 e. The minimum atomic E-state index is -0.445. The summed E-state index contributed by atoms with van der Waals surface area (Å²) in [5.74, 6) is 0.822. The first-order valence-electron chi connectivity index (χ1n) is 8.06. The monoisotopic (exact) mass is 321 g/mol. The van der Waals surface area contributed by atoms with Gasteiger partial charge in [0.05, 0.1) is 6.54 Å². The second kappa shape index (κ2) is 7.17. The van der Waals surface area contributed by atoms with E-state index in [9.17, 15) is 8.78 Å². The average molecular weight is 321 g/mol. The molecule has 23 heavy (non-hydrogen) atoms. The Morgan fingerprint density at radius 3 is 2.78 bits per heavy atom. The van der Waals surface area contributed by atoms with E-state index in [4.69, 9.17) is 4.52 Å². The van der Waals surface area contributed by atoms with Crippen LogP contribution in [0.5, 0.6) is 0 Å². The highest BCUT2D eigenvalue weighted by Crippen LogP contribution is 2.24. The predicted molar refractivity (Wildman–Crippen MR) is 81.7 cm³/mol. The van der Waals surface area contributed by atoms with Crippen LogP contribution >= 0.6 is 0 Å². The van der Waals surface area contributed by atoms with E-state index < -0.39 is 11.6 Å². The molecule has 3 rings (SSSR count). The summed E-state index contributed by atoms with van der Waals surface area (Å²) in [5, 5.41) is 3.92. The van der Waals surface area contributed by atoms with Gasteiger partial charge >= 0.3 is 0 Å². The van der Waals surface area contributed by atoms with Gasteiger partial charge in [-0.3, -0.25) is 4.90 Å². The Hall–Kier alpha value is -1.82. The summed E-state index contributed by atoms with van der Waals surface area (Å²) in [4.78, 5) is 6.52. The smallest absolute Gasteiger partial charge is 0.223 e. The lowest BCUT2D eigenvalue weighted by Gasteiger charge is -2.32. The first-order chi connectivity index (χ1) is 11.1. The van der Waals surface area contributed by atoms with E-state index in [2.05, 4.69) is 15.0 Å². The summed E-state index contributed by atoms with van der Waals surface area (Å²) in [6.45, 7) is 4.35. The second-order valence-corrected chi connectivity index (χ2v) is 6.21. The molecule has 0 aliphatic carbocycles. The minimum absolute atomic E-state index is 0.207. The average Bonchev–Trinajstić information content (AvgIpc) is 2.92. The molecule has 0 unspecified atom stereocenters. The summed E-state index contributed by atoms with van der Waals surface area (Å²) in [7, 11) is 0. The van der Waals surface area contributed by atoms with Gasteiger partial charge in [0.2, 0.25) is 5.89 Å². The van der Waals surface area contributed by atoms with Gasteiger partial charge in [-0.2, -0.15) is 4.98 Å². The maximum atomic E-state index is 13.7. The molecule has 124 valence electrons. The standard InChI is InChI=1S/C17H21F2N3O/c1-12-20-17(21-23-12)11-22-9-3-4-13(10-22)7-8-14-15(18)5-2-6-16(14)19/h2,5-6,13H,3-4,7-11H2,1H3/t13-/m1/s1. The normalized spacial score (nSPS) is 19.2. The lowest BCUT2D eigenvalue weighted by Crippen LogP contribution is -2.35. The van der Waals surface area contributed by atoms with Crippen LogP contribution in [0.3, 0.4) is 0 Å². The van der Waals surface area contributed by atoms with Crippen LogP contribution in [0.15, 0.2) is 22.7 Å². The van der Waals surface area contributed by atoms with Crippen molar-refractivity contribution in [1.29, 1.82) is 0 Å². The summed E-state index contributed by atoms with van der Waals surface area (Å²) in [6.07, 6.45) is 3.41. The first-order valence-corrected chi connectivity index (χ1v) is 8.06. The number of aryl methyl sites for hydroxylation is 1. The number of rotatable bonds is 5. The summed E-state index contributed by atoms with van der Waals surface area (Å²) < 4.78 is 32.4. The number of piperidine rings is 1. The fraction of sp³-hybridized carbons (Fsp3) is 0.529. The van der Waals surface area contributed by atoms with Crippen molar-refractivity contribution >= 4 is 0 Å². The molecule has 0 N–H and O–H groups in total. The first kappa shape index (κ1) is 16.1. The number of likely N-dealkylation sites (tertiary alicyclic amines) is 1. The van der Waals surface area contributed by atoms with E-state index >= 15 is 0 Å². The van der Waals surface area contributed by atoms with Gasteiger partial charge in [0.25, 0.3) is 0 Å². The molecule has 0 amide bonds. The number of nitrogens with zero attached hydrogens (tertiary/aromatic N) is 3. The zero-order chi connectivity index (χ0) is 16.2. The van der Waals surface area contributed by atoms with E-state index in [0.717, 1.165) is 32.4 Å². The van der Waals surface area contributed by atoms with Crippen molar-refractivity contribution in [3.63, 3.8) is 0 Å². The lowest BCUT2D eigenvalue weighted by atomic mass is 9.91. The Labute approximate surface area is 134 Å². The van der Waals surface area contributed by atoms with Crippen LogP contribution in [-0.2, 0) is 13.0 Å². The van der Waals surface area contributed by atoms with E-state index in [1.165, 1.54) is 18.2 Å². The molecule has 1 aliphatic rings. The Kier molecular flexibility index (Phi) is 5.00. The Balaban J connectivity index is 1.54. The third kappa shape index (κ3) is 4.13. The predicted octanol–water partition coefficient (Wildman–Crippen LogP) is 3.50. The van der Waals surface area contributed by atoms with Gasteiger partial charge in [0.1, 0.15) is 11.6 Å². The zero-order valence-electron chi connectivity index (χ0n) is 13.3. The number of aromatic nitrogens is 2. The Morgan fingerprint density at radius 1 is 1.30 bits per heavy atom. The lowest BCUT2D eigenvalue weighted by molar-refractivity contribution is 0.156. The topological polar surface area (TPSA) is 42.2 Å². The molecule has 2 aromatic rings. The van der Waals surface area contributed by atoms with Gasteiger partial charge in [0.15, 0.2) is 5.82 Å². The number of hydrogen-bond donors (Lipinski definition) is 0. The van der Waals surface area contributed by atoms with Crippen molar-refractivity contribution in [3.05, 3.63) is 47.1 Å². The second-order valence-electron chi connectivity index (χ2n) is 6.21.